The predicted molar refractivity (Wildman–Crippen MR) is 78.7 cm³/mol. The molecule has 2 saturated heterocycles. The number of nitrogens with zero attached hydrogens (tertiary/aromatic N) is 2. The van der Waals surface area contributed by atoms with Crippen molar-refractivity contribution in [2.75, 3.05) is 19.6 Å². The zero-order valence-corrected chi connectivity index (χ0v) is 13.0. The minimum Gasteiger partial charge on any atom is -0.372 e. The van der Waals surface area contributed by atoms with E-state index >= 15 is 0 Å². The van der Waals surface area contributed by atoms with Crippen molar-refractivity contribution >= 4 is 17.7 Å². The number of rotatable bonds is 2. The van der Waals surface area contributed by atoms with Crippen LogP contribution in [0.1, 0.15) is 26.7 Å². The molecule has 0 radical (unpaired) electrons. The summed E-state index contributed by atoms with van der Waals surface area (Å²) in [5.41, 5.74) is 0. The van der Waals surface area contributed by atoms with Crippen LogP contribution in [0.5, 0.6) is 0 Å². The molecule has 0 aromatic heterocycles. The molecule has 3 amide bonds. The normalized spacial score (nSPS) is 35.0. The second-order valence-corrected chi connectivity index (χ2v) is 6.47. The van der Waals surface area contributed by atoms with E-state index < -0.39 is 0 Å². The number of imide groups is 1. The molecule has 2 heterocycles. The zero-order chi connectivity index (χ0) is 15.9. The highest BCUT2D eigenvalue weighted by Crippen LogP contribution is 2.34. The number of carbonyl (C=O) groups excluding carboxylic acids is 3. The molecule has 22 heavy (non-hydrogen) atoms. The molecule has 6 heteroatoms. The Balaban J connectivity index is 1.66. The molecule has 3 rings (SSSR count). The van der Waals surface area contributed by atoms with Crippen LogP contribution in [0.15, 0.2) is 12.2 Å². The van der Waals surface area contributed by atoms with Crippen LogP contribution in [0.3, 0.4) is 0 Å². The van der Waals surface area contributed by atoms with Crippen molar-refractivity contribution in [3.8, 4) is 0 Å². The van der Waals surface area contributed by atoms with Crippen LogP contribution in [0.2, 0.25) is 0 Å². The lowest BCUT2D eigenvalue weighted by Gasteiger charge is -2.35. The fourth-order valence-electron chi connectivity index (χ4n) is 3.64. The highest BCUT2D eigenvalue weighted by molar-refractivity contribution is 6.07. The number of morpholine rings is 1. The van der Waals surface area contributed by atoms with Crippen LogP contribution in [0, 0.1) is 11.8 Å². The summed E-state index contributed by atoms with van der Waals surface area (Å²) in [6.07, 6.45) is 5.05. The van der Waals surface area contributed by atoms with Gasteiger partial charge in [0.25, 0.3) is 0 Å². The smallest absolute Gasteiger partial charge is 0.242 e. The number of likely N-dealkylation sites (tertiary alicyclic amines) is 1. The summed E-state index contributed by atoms with van der Waals surface area (Å²) in [6.45, 7) is 4.72. The molecule has 0 unspecified atom stereocenters. The van der Waals surface area contributed by atoms with E-state index in [9.17, 15) is 14.4 Å². The van der Waals surface area contributed by atoms with Crippen LogP contribution in [0.25, 0.3) is 0 Å². The Morgan fingerprint density at radius 1 is 1.09 bits per heavy atom. The monoisotopic (exact) mass is 306 g/mol. The Morgan fingerprint density at radius 2 is 1.59 bits per heavy atom. The topological polar surface area (TPSA) is 66.9 Å². The summed E-state index contributed by atoms with van der Waals surface area (Å²) in [6, 6.07) is 0. The van der Waals surface area contributed by atoms with Crippen molar-refractivity contribution in [1.29, 1.82) is 0 Å². The first kappa shape index (κ1) is 15.2. The maximum absolute atomic E-state index is 12.5. The number of amides is 3. The molecular formula is C16H22N2O4. The molecule has 0 bridgehead atoms. The van der Waals surface area contributed by atoms with Crippen LogP contribution in [-0.2, 0) is 19.1 Å². The van der Waals surface area contributed by atoms with Crippen molar-refractivity contribution in [2.45, 2.75) is 38.9 Å². The van der Waals surface area contributed by atoms with Gasteiger partial charge < -0.3 is 9.64 Å². The Labute approximate surface area is 130 Å². The molecule has 0 spiro atoms. The molecule has 2 aliphatic heterocycles. The molecule has 120 valence electrons. The van der Waals surface area contributed by atoms with E-state index in [0.717, 1.165) is 4.90 Å². The largest absolute Gasteiger partial charge is 0.372 e. The molecular weight excluding hydrogens is 284 g/mol. The quantitative estimate of drug-likeness (QED) is 0.553. The van der Waals surface area contributed by atoms with Gasteiger partial charge in [-0.05, 0) is 26.7 Å². The summed E-state index contributed by atoms with van der Waals surface area (Å²) in [5.74, 6) is -1.10. The molecule has 0 aromatic carbocycles. The Kier molecular flexibility index (Phi) is 4.04. The molecule has 1 aliphatic carbocycles. The first-order valence-electron chi connectivity index (χ1n) is 7.91. The number of carbonyl (C=O) groups is 3. The van der Waals surface area contributed by atoms with Crippen LogP contribution < -0.4 is 0 Å². The third-order valence-corrected chi connectivity index (χ3v) is 4.66. The highest BCUT2D eigenvalue weighted by atomic mass is 16.5. The van der Waals surface area contributed by atoms with E-state index in [0.29, 0.717) is 25.9 Å². The maximum atomic E-state index is 12.5. The van der Waals surface area contributed by atoms with Crippen molar-refractivity contribution in [2.24, 2.45) is 11.8 Å². The Hall–Kier alpha value is -1.69. The van der Waals surface area contributed by atoms with Crippen molar-refractivity contribution < 1.29 is 19.1 Å². The third-order valence-electron chi connectivity index (χ3n) is 4.66. The lowest BCUT2D eigenvalue weighted by Crippen LogP contribution is -2.51. The number of fused-ring (bicyclic) bond motifs is 1. The van der Waals surface area contributed by atoms with E-state index in [-0.39, 0.29) is 48.3 Å². The fourth-order valence-corrected chi connectivity index (χ4v) is 3.64. The van der Waals surface area contributed by atoms with Crippen LogP contribution in [-0.4, -0.2) is 59.4 Å². The average molecular weight is 306 g/mol. The summed E-state index contributed by atoms with van der Waals surface area (Å²) in [5, 5.41) is 0. The van der Waals surface area contributed by atoms with Gasteiger partial charge in [0.15, 0.2) is 0 Å². The van der Waals surface area contributed by atoms with Crippen LogP contribution >= 0.6 is 0 Å². The number of ether oxygens (including phenoxy) is 1. The summed E-state index contributed by atoms with van der Waals surface area (Å²) >= 11 is 0. The van der Waals surface area contributed by atoms with Gasteiger partial charge in [-0.2, -0.15) is 0 Å². The van der Waals surface area contributed by atoms with Gasteiger partial charge in [-0.15, -0.1) is 0 Å². The molecule has 0 aromatic rings. The van der Waals surface area contributed by atoms with E-state index in [1.54, 1.807) is 4.90 Å². The van der Waals surface area contributed by atoms with Crippen molar-refractivity contribution in [1.82, 2.24) is 9.80 Å². The van der Waals surface area contributed by atoms with E-state index in [1.807, 2.05) is 26.0 Å². The van der Waals surface area contributed by atoms with Gasteiger partial charge in [0.1, 0.15) is 6.54 Å². The lowest BCUT2D eigenvalue weighted by atomic mass is 9.85. The SMILES string of the molecule is C[C@@H]1CN(C(=O)CN2C(=O)[C@@H]3CC=CC[C@H]3C2=O)C[C@H](C)O1. The molecule has 2 fully saturated rings. The van der Waals surface area contributed by atoms with E-state index in [1.165, 1.54) is 0 Å². The number of hydrogen-bond acceptors (Lipinski definition) is 4. The van der Waals surface area contributed by atoms with Gasteiger partial charge in [-0.25, -0.2) is 0 Å². The summed E-state index contributed by atoms with van der Waals surface area (Å²) in [4.78, 5) is 40.1. The van der Waals surface area contributed by atoms with Gasteiger partial charge in [0, 0.05) is 13.1 Å². The third kappa shape index (κ3) is 2.67. The van der Waals surface area contributed by atoms with Gasteiger partial charge in [0.05, 0.1) is 24.0 Å². The Morgan fingerprint density at radius 3 is 2.09 bits per heavy atom. The number of allylic oxidation sites excluding steroid dienone is 2. The van der Waals surface area contributed by atoms with Crippen molar-refractivity contribution in [3.63, 3.8) is 0 Å². The van der Waals surface area contributed by atoms with E-state index in [2.05, 4.69) is 0 Å². The maximum Gasteiger partial charge on any atom is 0.242 e. The second kappa shape index (κ2) is 5.83. The summed E-state index contributed by atoms with van der Waals surface area (Å²) in [7, 11) is 0. The van der Waals surface area contributed by atoms with Gasteiger partial charge in [-0.3, -0.25) is 19.3 Å². The lowest BCUT2D eigenvalue weighted by molar-refractivity contribution is -0.151. The standard InChI is InChI=1S/C16H22N2O4/c1-10-7-17(8-11(2)22-10)14(19)9-18-15(20)12-5-3-4-6-13(12)16(18)21/h3-4,10-13H,5-9H2,1-2H3/t10-,11+,12-,13-/m1/s1. The molecule has 4 atom stereocenters. The van der Waals surface area contributed by atoms with Gasteiger partial charge in [-0.1, -0.05) is 12.2 Å². The molecule has 6 nitrogen and oxygen atoms in total. The fraction of sp³-hybridized carbons (Fsp3) is 0.688. The minimum absolute atomic E-state index is 0.0236. The summed E-state index contributed by atoms with van der Waals surface area (Å²) < 4.78 is 5.61. The van der Waals surface area contributed by atoms with Gasteiger partial charge >= 0.3 is 0 Å². The number of hydrogen-bond donors (Lipinski definition) is 0. The predicted octanol–water partition coefficient (Wildman–Crippen LogP) is 0.573. The average Bonchev–Trinajstić information content (AvgIpc) is 2.72. The van der Waals surface area contributed by atoms with Crippen LogP contribution in [0.4, 0.5) is 0 Å². The minimum atomic E-state index is -0.271. The molecule has 0 saturated carbocycles. The first-order valence-corrected chi connectivity index (χ1v) is 7.91. The van der Waals surface area contributed by atoms with E-state index in [4.69, 9.17) is 4.74 Å². The van der Waals surface area contributed by atoms with Crippen molar-refractivity contribution in [3.05, 3.63) is 12.2 Å². The molecule has 3 aliphatic rings. The molecule has 0 N–H and O–H groups in total. The second-order valence-electron chi connectivity index (χ2n) is 6.47. The Bertz CT molecular complexity index is 494. The highest BCUT2D eigenvalue weighted by Gasteiger charge is 2.48. The van der Waals surface area contributed by atoms with Gasteiger partial charge in [0.2, 0.25) is 17.7 Å². The first-order chi connectivity index (χ1) is 10.5. The zero-order valence-electron chi connectivity index (χ0n) is 13.0.